The molecule has 0 radical (unpaired) electrons. The number of hydrogen-bond donors (Lipinski definition) is 1. The maximum Gasteiger partial charge on any atom is 0.387 e. The van der Waals surface area contributed by atoms with E-state index in [2.05, 4.69) is 10.1 Å². The minimum atomic E-state index is -2.87. The first-order valence-electron chi connectivity index (χ1n) is 4.74. The van der Waals surface area contributed by atoms with Crippen LogP contribution in [0.1, 0.15) is 18.1 Å². The number of carbonyl (C=O) groups is 1. The van der Waals surface area contributed by atoms with Crippen molar-refractivity contribution >= 4 is 11.6 Å². The minimum Gasteiger partial charge on any atom is -0.434 e. The quantitative estimate of drug-likeness (QED) is 0.865. The zero-order valence-electron chi connectivity index (χ0n) is 9.30. The summed E-state index contributed by atoms with van der Waals surface area (Å²) in [5.41, 5.74) is 1.58. The molecular formula is C11H13F2NO2. The summed E-state index contributed by atoms with van der Waals surface area (Å²) in [6.07, 6.45) is 0. The van der Waals surface area contributed by atoms with E-state index >= 15 is 0 Å². The highest BCUT2D eigenvalue weighted by Gasteiger charge is 2.13. The molecule has 3 nitrogen and oxygen atoms in total. The third-order valence-electron chi connectivity index (χ3n) is 2.12. The number of aryl methyl sites for hydroxylation is 1. The van der Waals surface area contributed by atoms with Crippen LogP contribution >= 0.6 is 0 Å². The average Bonchev–Trinajstić information content (AvgIpc) is 2.16. The average molecular weight is 229 g/mol. The number of nitrogens with one attached hydrogen (secondary N) is 1. The number of carbonyl (C=O) groups excluding carboxylic acids is 1. The first kappa shape index (κ1) is 12.4. The van der Waals surface area contributed by atoms with E-state index in [-0.39, 0.29) is 11.7 Å². The number of alkyl halides is 2. The second-order valence-electron chi connectivity index (χ2n) is 3.44. The van der Waals surface area contributed by atoms with E-state index in [1.54, 1.807) is 26.0 Å². The lowest BCUT2D eigenvalue weighted by molar-refractivity contribution is -0.114. The Balaban J connectivity index is 3.10. The lowest BCUT2D eigenvalue weighted by atomic mass is 10.1. The number of anilines is 1. The molecule has 0 bridgehead atoms. The van der Waals surface area contributed by atoms with Gasteiger partial charge in [0.2, 0.25) is 5.91 Å². The van der Waals surface area contributed by atoms with Crippen molar-refractivity contribution in [2.24, 2.45) is 0 Å². The zero-order valence-corrected chi connectivity index (χ0v) is 9.30. The summed E-state index contributed by atoms with van der Waals surface area (Å²) in [5.74, 6) is -0.142. The van der Waals surface area contributed by atoms with Crippen LogP contribution in [0.3, 0.4) is 0 Å². The summed E-state index contributed by atoms with van der Waals surface area (Å²) in [6.45, 7) is 1.77. The van der Waals surface area contributed by atoms with Crippen molar-refractivity contribution in [3.63, 3.8) is 0 Å². The van der Waals surface area contributed by atoms with Crippen LogP contribution in [0, 0.1) is 13.8 Å². The molecule has 1 N–H and O–H groups in total. The molecule has 0 fully saturated rings. The number of rotatable bonds is 3. The van der Waals surface area contributed by atoms with Crippen LogP contribution in [0.15, 0.2) is 12.1 Å². The van der Waals surface area contributed by atoms with Crippen LogP contribution in [-0.4, -0.2) is 12.5 Å². The normalized spacial score (nSPS) is 10.4. The predicted molar refractivity (Wildman–Crippen MR) is 56.9 cm³/mol. The van der Waals surface area contributed by atoms with Gasteiger partial charge in [-0.25, -0.2) is 0 Å². The molecule has 0 saturated carbocycles. The molecule has 1 amide bonds. The van der Waals surface area contributed by atoms with Gasteiger partial charge in [-0.05, 0) is 25.5 Å². The summed E-state index contributed by atoms with van der Waals surface area (Å²) in [6, 6.07) is 3.28. The smallest absolute Gasteiger partial charge is 0.387 e. The monoisotopic (exact) mass is 229 g/mol. The maximum absolute atomic E-state index is 12.2. The van der Waals surface area contributed by atoms with Crippen LogP contribution in [-0.2, 0) is 4.79 Å². The van der Waals surface area contributed by atoms with E-state index in [0.29, 0.717) is 16.8 Å². The molecule has 0 aliphatic heterocycles. The van der Waals surface area contributed by atoms with Gasteiger partial charge < -0.3 is 10.1 Å². The molecule has 0 aliphatic carbocycles. The molecule has 1 aromatic rings. The summed E-state index contributed by atoms with van der Waals surface area (Å²) in [7, 11) is 0. The first-order valence-corrected chi connectivity index (χ1v) is 4.74. The molecule has 0 spiro atoms. The van der Waals surface area contributed by atoms with Crippen molar-refractivity contribution in [1.29, 1.82) is 0 Å². The molecule has 1 aromatic carbocycles. The molecule has 0 heterocycles. The third kappa shape index (κ3) is 2.92. The number of benzene rings is 1. The van der Waals surface area contributed by atoms with Gasteiger partial charge in [-0.3, -0.25) is 4.79 Å². The van der Waals surface area contributed by atoms with Gasteiger partial charge in [0.1, 0.15) is 5.75 Å². The van der Waals surface area contributed by atoms with Gasteiger partial charge in [0, 0.05) is 18.2 Å². The van der Waals surface area contributed by atoms with E-state index < -0.39 is 6.61 Å². The van der Waals surface area contributed by atoms with Gasteiger partial charge in [0.25, 0.3) is 0 Å². The number of ether oxygens (including phenoxy) is 1. The van der Waals surface area contributed by atoms with E-state index in [0.717, 1.165) is 0 Å². The third-order valence-corrected chi connectivity index (χ3v) is 2.12. The van der Waals surface area contributed by atoms with Crippen LogP contribution in [0.4, 0.5) is 14.5 Å². The van der Waals surface area contributed by atoms with Crippen molar-refractivity contribution < 1.29 is 18.3 Å². The van der Waals surface area contributed by atoms with Gasteiger partial charge in [0.15, 0.2) is 0 Å². The maximum atomic E-state index is 12.2. The minimum absolute atomic E-state index is 0.112. The molecule has 1 rings (SSSR count). The van der Waals surface area contributed by atoms with E-state index in [4.69, 9.17) is 0 Å². The molecule has 0 aliphatic rings. The van der Waals surface area contributed by atoms with Gasteiger partial charge in [0.05, 0.1) is 0 Å². The van der Waals surface area contributed by atoms with E-state index in [9.17, 15) is 13.6 Å². The van der Waals surface area contributed by atoms with Crippen LogP contribution in [0.25, 0.3) is 0 Å². The van der Waals surface area contributed by atoms with Crippen molar-refractivity contribution in [3.8, 4) is 5.75 Å². The zero-order chi connectivity index (χ0) is 12.3. The highest BCUT2D eigenvalue weighted by molar-refractivity contribution is 5.90. The Hall–Kier alpha value is -1.65. The standard InChI is InChI=1S/C11H13F2NO2/c1-6-4-5-9(14-8(3)15)7(2)10(6)16-11(12)13/h4-5,11H,1-3H3,(H,14,15). The number of halogens is 2. The fourth-order valence-electron chi connectivity index (χ4n) is 1.42. The Kier molecular flexibility index (Phi) is 3.82. The van der Waals surface area contributed by atoms with E-state index in [1.165, 1.54) is 6.92 Å². The van der Waals surface area contributed by atoms with Crippen LogP contribution in [0.5, 0.6) is 5.75 Å². The molecular weight excluding hydrogens is 216 g/mol. The first-order chi connectivity index (χ1) is 7.41. The van der Waals surface area contributed by atoms with Crippen molar-refractivity contribution in [2.75, 3.05) is 5.32 Å². The topological polar surface area (TPSA) is 38.3 Å². The van der Waals surface area contributed by atoms with Gasteiger partial charge in [-0.2, -0.15) is 8.78 Å². The summed E-state index contributed by atoms with van der Waals surface area (Å²) >= 11 is 0. The molecule has 0 saturated heterocycles. The lowest BCUT2D eigenvalue weighted by Crippen LogP contribution is -2.10. The second kappa shape index (κ2) is 4.92. The van der Waals surface area contributed by atoms with E-state index in [1.807, 2.05) is 0 Å². The van der Waals surface area contributed by atoms with Gasteiger partial charge >= 0.3 is 6.61 Å². The van der Waals surface area contributed by atoms with Gasteiger partial charge in [-0.1, -0.05) is 6.07 Å². The predicted octanol–water partition coefficient (Wildman–Crippen LogP) is 2.86. The molecule has 0 aromatic heterocycles. The molecule has 5 heteroatoms. The molecule has 0 unspecified atom stereocenters. The van der Waals surface area contributed by atoms with Crippen molar-refractivity contribution in [1.82, 2.24) is 0 Å². The fourth-order valence-corrected chi connectivity index (χ4v) is 1.42. The second-order valence-corrected chi connectivity index (χ2v) is 3.44. The summed E-state index contributed by atoms with van der Waals surface area (Å²) in [5, 5.41) is 2.55. The van der Waals surface area contributed by atoms with Crippen LogP contribution in [0.2, 0.25) is 0 Å². The highest BCUT2D eigenvalue weighted by atomic mass is 19.3. The number of hydrogen-bond acceptors (Lipinski definition) is 2. The Morgan fingerprint density at radius 2 is 2.00 bits per heavy atom. The van der Waals surface area contributed by atoms with Gasteiger partial charge in [-0.15, -0.1) is 0 Å². The van der Waals surface area contributed by atoms with Crippen molar-refractivity contribution in [2.45, 2.75) is 27.4 Å². The molecule has 16 heavy (non-hydrogen) atoms. The highest BCUT2D eigenvalue weighted by Crippen LogP contribution is 2.30. The summed E-state index contributed by atoms with van der Waals surface area (Å²) in [4.78, 5) is 10.9. The lowest BCUT2D eigenvalue weighted by Gasteiger charge is -2.14. The Morgan fingerprint density at radius 3 is 2.50 bits per heavy atom. The molecule has 88 valence electrons. The van der Waals surface area contributed by atoms with Crippen LogP contribution < -0.4 is 10.1 Å². The largest absolute Gasteiger partial charge is 0.434 e. The Labute approximate surface area is 92.4 Å². The summed E-state index contributed by atoms with van der Waals surface area (Å²) < 4.78 is 28.7. The van der Waals surface area contributed by atoms with Crippen molar-refractivity contribution in [3.05, 3.63) is 23.3 Å². The number of amides is 1. The Bertz CT molecular complexity index is 405. The molecule has 0 atom stereocenters. The fraction of sp³-hybridized carbons (Fsp3) is 0.364. The Morgan fingerprint density at radius 1 is 1.38 bits per heavy atom. The SMILES string of the molecule is CC(=O)Nc1ccc(C)c(OC(F)F)c1C.